The van der Waals surface area contributed by atoms with E-state index in [1.807, 2.05) is 6.92 Å². The van der Waals surface area contributed by atoms with Crippen LogP contribution in [0.5, 0.6) is 0 Å². The minimum atomic E-state index is -0.247. The van der Waals surface area contributed by atoms with Gasteiger partial charge >= 0.3 is 0 Å². The fourth-order valence-corrected chi connectivity index (χ4v) is 1.84. The van der Waals surface area contributed by atoms with E-state index >= 15 is 0 Å². The summed E-state index contributed by atoms with van der Waals surface area (Å²) in [6.45, 7) is 2.41. The van der Waals surface area contributed by atoms with Gasteiger partial charge in [0.15, 0.2) is 0 Å². The van der Waals surface area contributed by atoms with Crippen molar-refractivity contribution in [1.29, 1.82) is 0 Å². The summed E-state index contributed by atoms with van der Waals surface area (Å²) in [6.07, 6.45) is 0. The fourth-order valence-electron chi connectivity index (χ4n) is 1.84. The maximum absolute atomic E-state index is 12.1. The van der Waals surface area contributed by atoms with E-state index in [1.54, 1.807) is 48.5 Å². The molecule has 5 heteroatoms. The monoisotopic (exact) mass is 283 g/mol. The van der Waals surface area contributed by atoms with Crippen molar-refractivity contribution in [2.24, 2.45) is 0 Å². The van der Waals surface area contributed by atoms with Gasteiger partial charge in [0.1, 0.15) is 0 Å². The van der Waals surface area contributed by atoms with Crippen molar-refractivity contribution in [1.82, 2.24) is 5.32 Å². The summed E-state index contributed by atoms with van der Waals surface area (Å²) in [5, 5.41) is 5.47. The Kier molecular flexibility index (Phi) is 4.56. The molecular formula is C16H17N3O2. The highest BCUT2D eigenvalue weighted by atomic mass is 16.2. The highest BCUT2D eigenvalue weighted by Crippen LogP contribution is 2.13. The lowest BCUT2D eigenvalue weighted by atomic mass is 10.1. The van der Waals surface area contributed by atoms with Crippen LogP contribution in [0.25, 0.3) is 0 Å². The number of rotatable bonds is 4. The quantitative estimate of drug-likeness (QED) is 0.753. The molecular weight excluding hydrogens is 266 g/mol. The first-order valence-corrected chi connectivity index (χ1v) is 6.65. The molecule has 0 saturated heterocycles. The second kappa shape index (κ2) is 6.56. The van der Waals surface area contributed by atoms with Crippen molar-refractivity contribution >= 4 is 23.2 Å². The number of amides is 2. The number of nitrogens with one attached hydrogen (secondary N) is 2. The molecule has 0 bridgehead atoms. The molecule has 0 radical (unpaired) electrons. The molecule has 0 atom stereocenters. The predicted octanol–water partition coefficient (Wildman–Crippen LogP) is 2.27. The summed E-state index contributed by atoms with van der Waals surface area (Å²) in [5.74, 6) is -0.413. The molecule has 0 aliphatic carbocycles. The summed E-state index contributed by atoms with van der Waals surface area (Å²) >= 11 is 0. The molecule has 0 aromatic heterocycles. The van der Waals surface area contributed by atoms with Gasteiger partial charge in [-0.25, -0.2) is 0 Å². The highest BCUT2D eigenvalue weighted by Gasteiger charge is 2.08. The maximum Gasteiger partial charge on any atom is 0.255 e. The Morgan fingerprint density at radius 1 is 1.00 bits per heavy atom. The number of hydrogen-bond acceptors (Lipinski definition) is 3. The van der Waals surface area contributed by atoms with Gasteiger partial charge in [-0.15, -0.1) is 0 Å². The average molecular weight is 283 g/mol. The van der Waals surface area contributed by atoms with E-state index in [0.717, 1.165) is 0 Å². The summed E-state index contributed by atoms with van der Waals surface area (Å²) in [4.78, 5) is 23.8. The Morgan fingerprint density at radius 2 is 1.71 bits per heavy atom. The molecule has 0 fully saturated rings. The molecule has 2 amide bonds. The smallest absolute Gasteiger partial charge is 0.255 e. The van der Waals surface area contributed by atoms with Gasteiger partial charge in [0.25, 0.3) is 11.8 Å². The number of hydrogen-bond donors (Lipinski definition) is 3. The maximum atomic E-state index is 12.1. The SMILES string of the molecule is CCNC(=O)c1cccc(NC(=O)c2ccc(N)cc2)c1. The zero-order chi connectivity index (χ0) is 15.2. The van der Waals surface area contributed by atoms with Gasteiger partial charge in [0, 0.05) is 29.0 Å². The van der Waals surface area contributed by atoms with Crippen LogP contribution in [0.3, 0.4) is 0 Å². The van der Waals surface area contributed by atoms with Gasteiger partial charge in [-0.1, -0.05) is 6.07 Å². The Bertz CT molecular complexity index is 651. The van der Waals surface area contributed by atoms with Gasteiger partial charge in [0.05, 0.1) is 0 Å². The highest BCUT2D eigenvalue weighted by molar-refractivity contribution is 6.05. The van der Waals surface area contributed by atoms with E-state index < -0.39 is 0 Å². The van der Waals surface area contributed by atoms with Crippen LogP contribution in [0.15, 0.2) is 48.5 Å². The Morgan fingerprint density at radius 3 is 2.38 bits per heavy atom. The molecule has 4 N–H and O–H groups in total. The first kappa shape index (κ1) is 14.6. The minimum Gasteiger partial charge on any atom is -0.399 e. The topological polar surface area (TPSA) is 84.2 Å². The summed E-state index contributed by atoms with van der Waals surface area (Å²) < 4.78 is 0. The average Bonchev–Trinajstić information content (AvgIpc) is 2.48. The number of carbonyl (C=O) groups is 2. The molecule has 0 aliphatic rings. The third kappa shape index (κ3) is 3.82. The third-order valence-corrected chi connectivity index (χ3v) is 2.89. The lowest BCUT2D eigenvalue weighted by Gasteiger charge is -2.08. The number of carbonyl (C=O) groups excluding carboxylic acids is 2. The molecule has 2 aromatic carbocycles. The van der Waals surface area contributed by atoms with Crippen LogP contribution in [0.4, 0.5) is 11.4 Å². The number of nitrogen functional groups attached to an aromatic ring is 1. The molecule has 108 valence electrons. The molecule has 21 heavy (non-hydrogen) atoms. The summed E-state index contributed by atoms with van der Waals surface area (Å²) in [7, 11) is 0. The van der Waals surface area contributed by atoms with Crippen molar-refractivity contribution in [3.63, 3.8) is 0 Å². The predicted molar refractivity (Wildman–Crippen MR) is 83.3 cm³/mol. The molecule has 0 heterocycles. The molecule has 0 saturated carbocycles. The van der Waals surface area contributed by atoms with Crippen molar-refractivity contribution < 1.29 is 9.59 Å². The van der Waals surface area contributed by atoms with E-state index in [-0.39, 0.29) is 11.8 Å². The van der Waals surface area contributed by atoms with Crippen molar-refractivity contribution in [3.8, 4) is 0 Å². The van der Waals surface area contributed by atoms with Gasteiger partial charge in [-0.3, -0.25) is 9.59 Å². The van der Waals surface area contributed by atoms with Crippen molar-refractivity contribution in [2.75, 3.05) is 17.6 Å². The minimum absolute atomic E-state index is 0.166. The number of anilines is 2. The Balaban J connectivity index is 2.12. The van der Waals surface area contributed by atoms with E-state index in [0.29, 0.717) is 29.0 Å². The van der Waals surface area contributed by atoms with E-state index in [2.05, 4.69) is 10.6 Å². The first-order valence-electron chi connectivity index (χ1n) is 6.65. The van der Waals surface area contributed by atoms with Crippen LogP contribution in [0.1, 0.15) is 27.6 Å². The molecule has 5 nitrogen and oxygen atoms in total. The molecule has 0 aliphatic heterocycles. The van der Waals surface area contributed by atoms with Gasteiger partial charge in [-0.2, -0.15) is 0 Å². The molecule has 2 aromatic rings. The second-order valence-electron chi connectivity index (χ2n) is 4.52. The normalized spacial score (nSPS) is 9.95. The van der Waals surface area contributed by atoms with Crippen molar-refractivity contribution in [2.45, 2.75) is 6.92 Å². The zero-order valence-corrected chi connectivity index (χ0v) is 11.7. The van der Waals surface area contributed by atoms with Crippen LogP contribution < -0.4 is 16.4 Å². The number of nitrogens with two attached hydrogens (primary N) is 1. The van der Waals surface area contributed by atoms with Crippen molar-refractivity contribution in [3.05, 3.63) is 59.7 Å². The van der Waals surface area contributed by atoms with E-state index in [1.165, 1.54) is 0 Å². The zero-order valence-electron chi connectivity index (χ0n) is 11.7. The van der Waals surface area contributed by atoms with Gasteiger partial charge in [0.2, 0.25) is 0 Å². The standard InChI is InChI=1S/C16H17N3O2/c1-2-18-15(20)12-4-3-5-14(10-12)19-16(21)11-6-8-13(17)9-7-11/h3-10H,2,17H2,1H3,(H,18,20)(H,19,21). The second-order valence-corrected chi connectivity index (χ2v) is 4.52. The summed E-state index contributed by atoms with van der Waals surface area (Å²) in [5.41, 5.74) is 7.77. The van der Waals surface area contributed by atoms with Crippen LogP contribution in [0, 0.1) is 0 Å². The van der Waals surface area contributed by atoms with E-state index in [4.69, 9.17) is 5.73 Å². The van der Waals surface area contributed by atoms with Crippen LogP contribution >= 0.6 is 0 Å². The first-order chi connectivity index (χ1) is 10.1. The number of benzene rings is 2. The van der Waals surface area contributed by atoms with Gasteiger partial charge < -0.3 is 16.4 Å². The van der Waals surface area contributed by atoms with Crippen LogP contribution in [-0.2, 0) is 0 Å². The fraction of sp³-hybridized carbons (Fsp3) is 0.125. The molecule has 2 rings (SSSR count). The lowest BCUT2D eigenvalue weighted by Crippen LogP contribution is -2.22. The third-order valence-electron chi connectivity index (χ3n) is 2.89. The van der Waals surface area contributed by atoms with E-state index in [9.17, 15) is 9.59 Å². The largest absolute Gasteiger partial charge is 0.399 e. The Labute approximate surface area is 123 Å². The van der Waals surface area contributed by atoms with Gasteiger partial charge in [-0.05, 0) is 49.4 Å². The lowest BCUT2D eigenvalue weighted by molar-refractivity contribution is 0.0954. The van der Waals surface area contributed by atoms with Crippen LogP contribution in [0.2, 0.25) is 0 Å². The summed E-state index contributed by atoms with van der Waals surface area (Å²) in [6, 6.07) is 13.4. The van der Waals surface area contributed by atoms with Crippen LogP contribution in [-0.4, -0.2) is 18.4 Å². The molecule has 0 unspecified atom stereocenters. The Hall–Kier alpha value is -2.82. The molecule has 0 spiro atoms.